The monoisotopic (exact) mass is 538 g/mol. The van der Waals surface area contributed by atoms with E-state index < -0.39 is 0 Å². The number of nitrogens with two attached hydrogens (primary N) is 2. The Kier molecular flexibility index (Phi) is 6.38. The molecule has 0 aromatic heterocycles. The SMILES string of the molecule is NC1CCC(CC2CCC(N)C(c3cccc4c3Cc3ccccc3-4)C2)CC1c1cccc2c1Cc1ccccc1-2. The van der Waals surface area contributed by atoms with Crippen molar-refractivity contribution in [3.8, 4) is 22.3 Å². The molecule has 2 saturated carbocycles. The first-order valence-corrected chi connectivity index (χ1v) is 16.1. The summed E-state index contributed by atoms with van der Waals surface area (Å²) in [5, 5.41) is 0. The van der Waals surface area contributed by atoms with Gasteiger partial charge >= 0.3 is 0 Å². The van der Waals surface area contributed by atoms with Gasteiger partial charge in [-0.2, -0.15) is 0 Å². The predicted molar refractivity (Wildman–Crippen MR) is 170 cm³/mol. The quantitative estimate of drug-likeness (QED) is 0.237. The van der Waals surface area contributed by atoms with Gasteiger partial charge in [0.05, 0.1) is 0 Å². The number of hydrogen-bond acceptors (Lipinski definition) is 2. The first-order chi connectivity index (χ1) is 20.1. The largest absolute Gasteiger partial charge is 0.327 e. The van der Waals surface area contributed by atoms with Gasteiger partial charge in [0.15, 0.2) is 0 Å². The molecule has 0 amide bonds. The van der Waals surface area contributed by atoms with Crippen LogP contribution in [0.5, 0.6) is 0 Å². The summed E-state index contributed by atoms with van der Waals surface area (Å²) < 4.78 is 0. The summed E-state index contributed by atoms with van der Waals surface area (Å²) in [6, 6.07) is 32.4. The minimum absolute atomic E-state index is 0.266. The lowest BCUT2D eigenvalue weighted by atomic mass is 9.67. The van der Waals surface area contributed by atoms with E-state index in [1.54, 1.807) is 0 Å². The highest BCUT2D eigenvalue weighted by Crippen LogP contribution is 2.48. The Morgan fingerprint density at radius 3 is 1.41 bits per heavy atom. The van der Waals surface area contributed by atoms with Gasteiger partial charge in [0.1, 0.15) is 0 Å². The summed E-state index contributed by atoms with van der Waals surface area (Å²) in [6.45, 7) is 0. The lowest BCUT2D eigenvalue weighted by Crippen LogP contribution is -2.38. The average Bonchev–Trinajstić information content (AvgIpc) is 3.58. The predicted octanol–water partition coefficient (Wildman–Crippen LogP) is 8.34. The molecule has 6 unspecified atom stereocenters. The molecule has 2 fully saturated rings. The molecule has 2 nitrogen and oxygen atoms in total. The Morgan fingerprint density at radius 2 is 0.927 bits per heavy atom. The molecule has 41 heavy (non-hydrogen) atoms. The van der Waals surface area contributed by atoms with Crippen LogP contribution in [-0.4, -0.2) is 12.1 Å². The molecule has 4 N–H and O–H groups in total. The van der Waals surface area contributed by atoms with Crippen LogP contribution in [0.15, 0.2) is 84.9 Å². The van der Waals surface area contributed by atoms with Crippen molar-refractivity contribution in [2.45, 2.75) is 81.7 Å². The minimum Gasteiger partial charge on any atom is -0.327 e. The van der Waals surface area contributed by atoms with E-state index in [1.165, 1.54) is 87.7 Å². The molecule has 0 aliphatic heterocycles. The van der Waals surface area contributed by atoms with Crippen molar-refractivity contribution in [2.75, 3.05) is 0 Å². The van der Waals surface area contributed by atoms with E-state index in [9.17, 15) is 0 Å². The maximum atomic E-state index is 6.89. The van der Waals surface area contributed by atoms with Crippen LogP contribution in [0.2, 0.25) is 0 Å². The molecule has 6 atom stereocenters. The molecule has 4 aliphatic rings. The summed E-state index contributed by atoms with van der Waals surface area (Å²) in [5.41, 5.74) is 28.6. The van der Waals surface area contributed by atoms with Gasteiger partial charge in [-0.3, -0.25) is 0 Å². The minimum atomic E-state index is 0.266. The summed E-state index contributed by atoms with van der Waals surface area (Å²) in [6.07, 6.45) is 10.8. The van der Waals surface area contributed by atoms with Gasteiger partial charge in [0.25, 0.3) is 0 Å². The van der Waals surface area contributed by atoms with Crippen molar-refractivity contribution >= 4 is 0 Å². The highest BCUT2D eigenvalue weighted by atomic mass is 14.7. The van der Waals surface area contributed by atoms with Crippen LogP contribution in [0, 0.1) is 11.8 Å². The fourth-order valence-corrected chi connectivity index (χ4v) is 9.24. The van der Waals surface area contributed by atoms with Crippen LogP contribution in [0.3, 0.4) is 0 Å². The highest BCUT2D eigenvalue weighted by Gasteiger charge is 2.37. The van der Waals surface area contributed by atoms with Crippen LogP contribution < -0.4 is 11.5 Å². The van der Waals surface area contributed by atoms with Crippen molar-refractivity contribution in [1.29, 1.82) is 0 Å². The van der Waals surface area contributed by atoms with Crippen LogP contribution in [0.25, 0.3) is 22.3 Å². The molecule has 8 rings (SSSR count). The molecule has 4 aromatic carbocycles. The number of hydrogen-bond donors (Lipinski definition) is 2. The Bertz CT molecular complexity index is 1480. The lowest BCUT2D eigenvalue weighted by molar-refractivity contribution is 0.198. The Balaban J connectivity index is 1.01. The molecule has 208 valence electrons. The van der Waals surface area contributed by atoms with E-state index in [4.69, 9.17) is 11.5 Å². The van der Waals surface area contributed by atoms with Crippen molar-refractivity contribution < 1.29 is 0 Å². The van der Waals surface area contributed by atoms with Gasteiger partial charge in [0.2, 0.25) is 0 Å². The molecule has 0 radical (unpaired) electrons. The molecule has 4 aliphatic carbocycles. The third kappa shape index (κ3) is 4.39. The highest BCUT2D eigenvalue weighted by molar-refractivity contribution is 5.79. The molecule has 4 aromatic rings. The molecule has 2 heteroatoms. The third-order valence-electron chi connectivity index (χ3n) is 11.3. The molecular weight excluding hydrogens is 496 g/mol. The first kappa shape index (κ1) is 25.5. The smallest absolute Gasteiger partial charge is 0.0108 e. The van der Waals surface area contributed by atoms with Crippen LogP contribution in [-0.2, 0) is 12.8 Å². The second-order valence-electron chi connectivity index (χ2n) is 13.5. The fraction of sp³-hybridized carbons (Fsp3) is 0.385. The summed E-state index contributed by atoms with van der Waals surface area (Å²) in [5.74, 6) is 2.45. The Morgan fingerprint density at radius 1 is 0.488 bits per heavy atom. The maximum Gasteiger partial charge on any atom is 0.0108 e. The normalized spacial score (nSPS) is 28.0. The summed E-state index contributed by atoms with van der Waals surface area (Å²) in [4.78, 5) is 0. The van der Waals surface area contributed by atoms with Crippen molar-refractivity contribution in [2.24, 2.45) is 23.3 Å². The molecule has 0 saturated heterocycles. The van der Waals surface area contributed by atoms with E-state index >= 15 is 0 Å². The van der Waals surface area contributed by atoms with Crippen molar-refractivity contribution in [3.05, 3.63) is 118 Å². The van der Waals surface area contributed by atoms with Gasteiger partial charge in [-0.1, -0.05) is 84.9 Å². The average molecular weight is 539 g/mol. The van der Waals surface area contributed by atoms with E-state index in [1.807, 2.05) is 0 Å². The van der Waals surface area contributed by atoms with Crippen molar-refractivity contribution in [1.82, 2.24) is 0 Å². The zero-order chi connectivity index (χ0) is 27.5. The summed E-state index contributed by atoms with van der Waals surface area (Å²) >= 11 is 0. The second-order valence-corrected chi connectivity index (χ2v) is 13.5. The zero-order valence-electron chi connectivity index (χ0n) is 24.1. The fourth-order valence-electron chi connectivity index (χ4n) is 9.24. The first-order valence-electron chi connectivity index (χ1n) is 16.1. The number of fused-ring (bicyclic) bond motifs is 6. The van der Waals surface area contributed by atoms with Crippen LogP contribution in [0.1, 0.15) is 90.2 Å². The van der Waals surface area contributed by atoms with Gasteiger partial charge in [0, 0.05) is 12.1 Å². The molecule has 0 bridgehead atoms. The van der Waals surface area contributed by atoms with E-state index in [0.717, 1.165) is 37.5 Å². The van der Waals surface area contributed by atoms with Gasteiger partial charge in [-0.15, -0.1) is 0 Å². The van der Waals surface area contributed by atoms with Gasteiger partial charge < -0.3 is 11.5 Å². The van der Waals surface area contributed by atoms with E-state index in [-0.39, 0.29) is 12.1 Å². The maximum absolute atomic E-state index is 6.89. The van der Waals surface area contributed by atoms with E-state index in [0.29, 0.717) is 11.8 Å². The lowest BCUT2D eigenvalue weighted by Gasteiger charge is -2.40. The second kappa shape index (κ2) is 10.3. The van der Waals surface area contributed by atoms with E-state index in [2.05, 4.69) is 84.9 Å². The Labute approximate surface area is 245 Å². The summed E-state index contributed by atoms with van der Waals surface area (Å²) in [7, 11) is 0. The van der Waals surface area contributed by atoms with Crippen LogP contribution in [0.4, 0.5) is 0 Å². The van der Waals surface area contributed by atoms with Crippen LogP contribution >= 0.6 is 0 Å². The molecule has 0 spiro atoms. The third-order valence-corrected chi connectivity index (χ3v) is 11.3. The number of rotatable bonds is 4. The standard InChI is InChI=1S/C39H42N2/c40-38-17-15-24(20-36(38)32-13-5-11-30-28-9-3-1-7-26(28)22-34(30)32)19-25-16-18-39(41)37(21-25)33-14-6-12-31-29-10-4-2-8-27(29)23-35(31)33/h1-14,24-25,36-39H,15-23,40-41H2. The Hall–Kier alpha value is -3.20. The van der Waals surface area contributed by atoms with Gasteiger partial charge in [-0.05, 0) is 137 Å². The van der Waals surface area contributed by atoms with Crippen molar-refractivity contribution in [3.63, 3.8) is 0 Å². The van der Waals surface area contributed by atoms with Gasteiger partial charge in [-0.25, -0.2) is 0 Å². The number of benzene rings is 4. The zero-order valence-corrected chi connectivity index (χ0v) is 24.1. The molecule has 0 heterocycles. The topological polar surface area (TPSA) is 52.0 Å². The molecular formula is C39H42N2.